The van der Waals surface area contributed by atoms with E-state index in [4.69, 9.17) is 4.74 Å². The van der Waals surface area contributed by atoms with Crippen LogP contribution in [0.2, 0.25) is 0 Å². The van der Waals surface area contributed by atoms with E-state index in [0.717, 1.165) is 5.92 Å². The molecule has 2 N–H and O–H groups in total. The zero-order valence-electron chi connectivity index (χ0n) is 11.0. The average molecular weight is 241 g/mol. The summed E-state index contributed by atoms with van der Waals surface area (Å²) in [6.07, 6.45) is 9.06. The molecule has 0 bridgehead atoms. The molecule has 2 unspecified atom stereocenters. The molecule has 0 aromatic rings. The van der Waals surface area contributed by atoms with Crippen molar-refractivity contribution in [2.45, 2.75) is 70.1 Å². The first-order valence-corrected chi connectivity index (χ1v) is 7.27. The molecule has 100 valence electrons. The SMILES string of the molecule is CC(CC1CC1)NCC(O)COC1CCCC1. The second-order valence-electron chi connectivity index (χ2n) is 5.88. The Kier molecular flexibility index (Phi) is 5.26. The highest BCUT2D eigenvalue weighted by molar-refractivity contribution is 4.78. The highest BCUT2D eigenvalue weighted by Gasteiger charge is 2.23. The molecule has 3 nitrogen and oxygen atoms in total. The van der Waals surface area contributed by atoms with Crippen molar-refractivity contribution in [3.05, 3.63) is 0 Å². The van der Waals surface area contributed by atoms with Crippen LogP contribution in [-0.2, 0) is 4.74 Å². The van der Waals surface area contributed by atoms with E-state index in [2.05, 4.69) is 12.2 Å². The molecule has 0 radical (unpaired) electrons. The van der Waals surface area contributed by atoms with Gasteiger partial charge in [0.15, 0.2) is 0 Å². The maximum atomic E-state index is 9.82. The van der Waals surface area contributed by atoms with Crippen LogP contribution in [0.5, 0.6) is 0 Å². The lowest BCUT2D eigenvalue weighted by Gasteiger charge is -2.18. The molecule has 2 saturated carbocycles. The minimum Gasteiger partial charge on any atom is -0.389 e. The predicted octanol–water partition coefficient (Wildman–Crippen LogP) is 2.08. The molecule has 0 aromatic carbocycles. The fraction of sp³-hybridized carbons (Fsp3) is 1.00. The Hall–Kier alpha value is -0.120. The molecule has 0 saturated heterocycles. The van der Waals surface area contributed by atoms with E-state index in [-0.39, 0.29) is 6.10 Å². The maximum absolute atomic E-state index is 9.82. The molecular weight excluding hydrogens is 214 g/mol. The second kappa shape index (κ2) is 6.72. The summed E-state index contributed by atoms with van der Waals surface area (Å²) in [5.74, 6) is 0.949. The monoisotopic (exact) mass is 241 g/mol. The van der Waals surface area contributed by atoms with Gasteiger partial charge in [0.1, 0.15) is 0 Å². The number of aliphatic hydroxyl groups is 1. The molecule has 2 fully saturated rings. The Morgan fingerprint density at radius 2 is 1.94 bits per heavy atom. The van der Waals surface area contributed by atoms with Crippen molar-refractivity contribution in [1.82, 2.24) is 5.32 Å². The van der Waals surface area contributed by atoms with Crippen LogP contribution >= 0.6 is 0 Å². The van der Waals surface area contributed by atoms with Crippen LogP contribution in [0.15, 0.2) is 0 Å². The van der Waals surface area contributed by atoms with Crippen molar-refractivity contribution < 1.29 is 9.84 Å². The molecule has 0 aromatic heterocycles. The third-order valence-electron chi connectivity index (χ3n) is 3.91. The van der Waals surface area contributed by atoms with Gasteiger partial charge in [-0.2, -0.15) is 0 Å². The molecule has 0 amide bonds. The van der Waals surface area contributed by atoms with Crippen LogP contribution in [0.3, 0.4) is 0 Å². The van der Waals surface area contributed by atoms with Crippen LogP contribution < -0.4 is 5.32 Å². The average Bonchev–Trinajstić information content (AvgIpc) is 2.96. The van der Waals surface area contributed by atoms with Crippen molar-refractivity contribution in [2.24, 2.45) is 5.92 Å². The lowest BCUT2D eigenvalue weighted by atomic mass is 10.1. The van der Waals surface area contributed by atoms with Gasteiger partial charge >= 0.3 is 0 Å². The highest BCUT2D eigenvalue weighted by atomic mass is 16.5. The molecule has 2 rings (SSSR count). The predicted molar refractivity (Wildman–Crippen MR) is 69.0 cm³/mol. The van der Waals surface area contributed by atoms with Gasteiger partial charge in [0.25, 0.3) is 0 Å². The van der Waals surface area contributed by atoms with Crippen LogP contribution in [0, 0.1) is 5.92 Å². The van der Waals surface area contributed by atoms with Gasteiger partial charge in [-0.25, -0.2) is 0 Å². The summed E-state index contributed by atoms with van der Waals surface area (Å²) in [6, 6.07) is 0.531. The Morgan fingerprint density at radius 3 is 2.59 bits per heavy atom. The normalized spacial score (nSPS) is 25.1. The second-order valence-corrected chi connectivity index (χ2v) is 5.88. The van der Waals surface area contributed by atoms with Gasteiger partial charge in [0.2, 0.25) is 0 Å². The Bertz CT molecular complexity index is 212. The molecular formula is C14H27NO2. The van der Waals surface area contributed by atoms with E-state index in [1.165, 1.54) is 44.9 Å². The zero-order chi connectivity index (χ0) is 12.1. The minimum absolute atomic E-state index is 0.350. The van der Waals surface area contributed by atoms with Gasteiger partial charge in [-0.3, -0.25) is 0 Å². The largest absolute Gasteiger partial charge is 0.389 e. The lowest BCUT2D eigenvalue weighted by molar-refractivity contribution is -0.00618. The van der Waals surface area contributed by atoms with Gasteiger partial charge in [-0.1, -0.05) is 25.7 Å². The molecule has 0 aliphatic heterocycles. The molecule has 17 heavy (non-hydrogen) atoms. The maximum Gasteiger partial charge on any atom is 0.0897 e. The van der Waals surface area contributed by atoms with Crippen LogP contribution in [0.1, 0.15) is 51.9 Å². The van der Waals surface area contributed by atoms with Gasteiger partial charge in [0, 0.05) is 12.6 Å². The molecule has 2 aliphatic carbocycles. The fourth-order valence-corrected chi connectivity index (χ4v) is 2.64. The molecule has 0 spiro atoms. The standard InChI is InChI=1S/C14H27NO2/c1-11(8-12-6-7-12)15-9-13(16)10-17-14-4-2-3-5-14/h11-16H,2-10H2,1H3. The van der Waals surface area contributed by atoms with Crippen molar-refractivity contribution in [3.63, 3.8) is 0 Å². The first-order chi connectivity index (χ1) is 8.24. The van der Waals surface area contributed by atoms with E-state index >= 15 is 0 Å². The highest BCUT2D eigenvalue weighted by Crippen LogP contribution is 2.33. The van der Waals surface area contributed by atoms with E-state index in [0.29, 0.717) is 25.3 Å². The van der Waals surface area contributed by atoms with E-state index in [1.807, 2.05) is 0 Å². The smallest absolute Gasteiger partial charge is 0.0897 e. The fourth-order valence-electron chi connectivity index (χ4n) is 2.64. The summed E-state index contributed by atoms with van der Waals surface area (Å²) >= 11 is 0. The van der Waals surface area contributed by atoms with Gasteiger partial charge in [-0.05, 0) is 32.1 Å². The number of hydrogen-bond donors (Lipinski definition) is 2. The first-order valence-electron chi connectivity index (χ1n) is 7.27. The number of ether oxygens (including phenoxy) is 1. The third-order valence-corrected chi connectivity index (χ3v) is 3.91. The lowest BCUT2D eigenvalue weighted by Crippen LogP contribution is -2.36. The van der Waals surface area contributed by atoms with Crippen molar-refractivity contribution in [1.29, 1.82) is 0 Å². The van der Waals surface area contributed by atoms with Crippen LogP contribution in [0.25, 0.3) is 0 Å². The summed E-state index contributed by atoms with van der Waals surface area (Å²) in [5, 5.41) is 13.2. The van der Waals surface area contributed by atoms with E-state index in [9.17, 15) is 5.11 Å². The zero-order valence-corrected chi connectivity index (χ0v) is 11.0. The quantitative estimate of drug-likeness (QED) is 0.683. The van der Waals surface area contributed by atoms with Crippen molar-refractivity contribution in [2.75, 3.05) is 13.2 Å². The number of nitrogens with one attached hydrogen (secondary N) is 1. The van der Waals surface area contributed by atoms with E-state index < -0.39 is 0 Å². The van der Waals surface area contributed by atoms with Gasteiger partial charge in [-0.15, -0.1) is 0 Å². The summed E-state index contributed by atoms with van der Waals surface area (Å²) < 4.78 is 5.70. The number of aliphatic hydroxyl groups excluding tert-OH is 1. The van der Waals surface area contributed by atoms with Gasteiger partial charge < -0.3 is 15.2 Å². The number of hydrogen-bond acceptors (Lipinski definition) is 3. The Balaban J connectivity index is 1.48. The van der Waals surface area contributed by atoms with Gasteiger partial charge in [0.05, 0.1) is 18.8 Å². The molecule has 0 heterocycles. The summed E-state index contributed by atoms with van der Waals surface area (Å²) in [5.41, 5.74) is 0. The number of rotatable bonds is 8. The van der Waals surface area contributed by atoms with Crippen molar-refractivity contribution >= 4 is 0 Å². The summed E-state index contributed by atoms with van der Waals surface area (Å²) in [7, 11) is 0. The van der Waals surface area contributed by atoms with Crippen LogP contribution in [0.4, 0.5) is 0 Å². The minimum atomic E-state index is -0.350. The topological polar surface area (TPSA) is 41.5 Å². The third kappa shape index (κ3) is 5.36. The Morgan fingerprint density at radius 1 is 1.24 bits per heavy atom. The van der Waals surface area contributed by atoms with E-state index in [1.54, 1.807) is 0 Å². The summed E-state index contributed by atoms with van der Waals surface area (Å²) in [4.78, 5) is 0. The Labute approximate surface area is 105 Å². The first kappa shape index (κ1) is 13.3. The van der Waals surface area contributed by atoms with Crippen molar-refractivity contribution in [3.8, 4) is 0 Å². The molecule has 2 aliphatic rings. The van der Waals surface area contributed by atoms with Crippen LogP contribution in [-0.4, -0.2) is 36.5 Å². The summed E-state index contributed by atoms with van der Waals surface area (Å²) in [6.45, 7) is 3.37. The molecule has 3 heteroatoms. The molecule has 2 atom stereocenters.